The molecule has 9 heteroatoms. The maximum atomic E-state index is 13.0. The fraction of sp³-hybridized carbons (Fsp3) is 0.765. The summed E-state index contributed by atoms with van der Waals surface area (Å²) < 4.78 is 30.3. The summed E-state index contributed by atoms with van der Waals surface area (Å²) in [6.45, 7) is 3.68. The lowest BCUT2D eigenvalue weighted by Crippen LogP contribution is -2.56. The Morgan fingerprint density at radius 1 is 1.38 bits per heavy atom. The molecule has 3 aliphatic rings. The van der Waals surface area contributed by atoms with Crippen molar-refractivity contribution in [2.75, 3.05) is 37.8 Å². The molecule has 1 unspecified atom stereocenters. The zero-order chi connectivity index (χ0) is 18.4. The normalized spacial score (nSPS) is 28.1. The van der Waals surface area contributed by atoms with Crippen molar-refractivity contribution in [1.82, 2.24) is 19.8 Å². The van der Waals surface area contributed by atoms with Crippen molar-refractivity contribution in [3.05, 3.63) is 18.2 Å². The Morgan fingerprint density at radius 3 is 2.73 bits per heavy atom. The van der Waals surface area contributed by atoms with Gasteiger partial charge in [-0.1, -0.05) is 0 Å². The van der Waals surface area contributed by atoms with E-state index in [1.54, 1.807) is 6.33 Å². The number of nitrogens with zero attached hydrogens (tertiary/aromatic N) is 3. The third-order valence-electron chi connectivity index (χ3n) is 6.08. The number of imidazole rings is 1. The minimum absolute atomic E-state index is 0.000642. The number of carbonyl (C=O) groups excluding carboxylic acids is 1. The highest BCUT2D eigenvalue weighted by Gasteiger charge is 2.51. The monoisotopic (exact) mass is 382 g/mol. The minimum Gasteiger partial charge on any atom is -0.381 e. The molecule has 1 N–H and O–H groups in total. The number of carbonyl (C=O) groups is 1. The van der Waals surface area contributed by atoms with Crippen LogP contribution in [-0.2, 0) is 33.0 Å². The summed E-state index contributed by atoms with van der Waals surface area (Å²) in [5, 5.41) is 2.97. The van der Waals surface area contributed by atoms with E-state index < -0.39 is 9.84 Å². The zero-order valence-electron chi connectivity index (χ0n) is 15.1. The molecule has 1 spiro atoms. The molecule has 1 aromatic heterocycles. The zero-order valence-corrected chi connectivity index (χ0v) is 15.9. The van der Waals surface area contributed by atoms with E-state index in [1.165, 1.54) is 0 Å². The number of rotatable bonds is 4. The summed E-state index contributed by atoms with van der Waals surface area (Å²) in [6, 6.07) is -0.226. The maximum Gasteiger partial charge on any atom is 0.225 e. The van der Waals surface area contributed by atoms with Crippen molar-refractivity contribution in [1.29, 1.82) is 0 Å². The van der Waals surface area contributed by atoms with Crippen molar-refractivity contribution in [2.45, 2.75) is 25.4 Å². The Balaban J connectivity index is 1.47. The Bertz CT molecular complexity index is 772. The predicted molar refractivity (Wildman–Crippen MR) is 95.0 cm³/mol. The average Bonchev–Trinajstić information content (AvgIpc) is 3.11. The summed E-state index contributed by atoms with van der Waals surface area (Å²) in [4.78, 5) is 19.5. The van der Waals surface area contributed by atoms with Crippen molar-refractivity contribution in [3.63, 3.8) is 0 Å². The van der Waals surface area contributed by atoms with Crippen molar-refractivity contribution >= 4 is 15.7 Å². The van der Waals surface area contributed by atoms with Gasteiger partial charge in [0.2, 0.25) is 5.91 Å². The van der Waals surface area contributed by atoms with Crippen molar-refractivity contribution in [2.24, 2.45) is 18.4 Å². The predicted octanol–water partition coefficient (Wildman–Crippen LogP) is -0.438. The van der Waals surface area contributed by atoms with Gasteiger partial charge in [-0.05, 0) is 12.8 Å². The lowest BCUT2D eigenvalue weighted by molar-refractivity contribution is -0.130. The lowest BCUT2D eigenvalue weighted by atomic mass is 9.71. The van der Waals surface area contributed by atoms with Gasteiger partial charge in [0.05, 0.1) is 35.5 Å². The number of ether oxygens (including phenoxy) is 1. The molecule has 8 nitrogen and oxygen atoms in total. The molecule has 3 fully saturated rings. The molecule has 1 atom stereocenters. The van der Waals surface area contributed by atoms with Crippen LogP contribution in [0, 0.1) is 11.3 Å². The van der Waals surface area contributed by atoms with E-state index in [9.17, 15) is 13.2 Å². The van der Waals surface area contributed by atoms with Crippen LogP contribution in [0.2, 0.25) is 0 Å². The van der Waals surface area contributed by atoms with Crippen LogP contribution in [0.25, 0.3) is 0 Å². The highest BCUT2D eigenvalue weighted by molar-refractivity contribution is 7.92. The van der Waals surface area contributed by atoms with Gasteiger partial charge in [-0.25, -0.2) is 13.4 Å². The molecule has 3 saturated heterocycles. The third-order valence-corrected chi connectivity index (χ3v) is 7.90. The first-order valence-corrected chi connectivity index (χ1v) is 11.0. The SMILES string of the molecule is Cn1cncc1CN1CC(C(=O)NC2CS(=O)(=O)C2)C2(CCOCC2)C1. The van der Waals surface area contributed by atoms with Crippen LogP contribution in [-0.4, -0.2) is 72.6 Å². The van der Waals surface area contributed by atoms with Crippen molar-refractivity contribution < 1.29 is 17.9 Å². The lowest BCUT2D eigenvalue weighted by Gasteiger charge is -2.38. The van der Waals surface area contributed by atoms with Gasteiger partial charge in [0.15, 0.2) is 9.84 Å². The average molecular weight is 382 g/mol. The Hall–Kier alpha value is -1.45. The van der Waals surface area contributed by atoms with E-state index in [2.05, 4.69) is 15.2 Å². The van der Waals surface area contributed by atoms with E-state index in [0.717, 1.165) is 31.6 Å². The highest BCUT2D eigenvalue weighted by Crippen LogP contribution is 2.44. The summed E-state index contributed by atoms with van der Waals surface area (Å²) in [7, 11) is -0.962. The van der Waals surface area contributed by atoms with Crippen LogP contribution < -0.4 is 5.32 Å². The first kappa shape index (κ1) is 17.9. The fourth-order valence-electron chi connectivity index (χ4n) is 4.55. The number of likely N-dealkylation sites (tertiary alicyclic amines) is 1. The molecular formula is C17H26N4O4S. The summed E-state index contributed by atoms with van der Waals surface area (Å²) in [5.74, 6) is 0.0166. The minimum atomic E-state index is -2.94. The quantitative estimate of drug-likeness (QED) is 0.759. The van der Waals surface area contributed by atoms with Crippen molar-refractivity contribution in [3.8, 4) is 0 Å². The van der Waals surface area contributed by atoms with Crippen LogP contribution in [0.3, 0.4) is 0 Å². The maximum absolute atomic E-state index is 13.0. The number of hydrogen-bond donors (Lipinski definition) is 1. The molecule has 3 aliphatic heterocycles. The summed E-state index contributed by atoms with van der Waals surface area (Å²) >= 11 is 0. The van der Waals surface area contributed by atoms with E-state index in [4.69, 9.17) is 4.74 Å². The van der Waals surface area contributed by atoms with Gasteiger partial charge in [0, 0.05) is 51.5 Å². The largest absolute Gasteiger partial charge is 0.381 e. The van der Waals surface area contributed by atoms with Crippen LogP contribution in [0.1, 0.15) is 18.5 Å². The molecule has 0 saturated carbocycles. The second-order valence-electron chi connectivity index (χ2n) is 7.98. The topological polar surface area (TPSA) is 93.5 Å². The van der Waals surface area contributed by atoms with E-state index >= 15 is 0 Å². The Labute approximate surface area is 153 Å². The van der Waals surface area contributed by atoms with Gasteiger partial charge in [0.1, 0.15) is 0 Å². The number of hydrogen-bond acceptors (Lipinski definition) is 6. The van der Waals surface area contributed by atoms with E-state index in [1.807, 2.05) is 17.8 Å². The third kappa shape index (κ3) is 3.39. The molecule has 26 heavy (non-hydrogen) atoms. The van der Waals surface area contributed by atoms with Gasteiger partial charge in [-0.2, -0.15) is 0 Å². The number of aryl methyl sites for hydroxylation is 1. The Kier molecular flexibility index (Phi) is 4.56. The second kappa shape index (κ2) is 6.61. The van der Waals surface area contributed by atoms with Crippen LogP contribution in [0.15, 0.2) is 12.5 Å². The van der Waals surface area contributed by atoms with Gasteiger partial charge in [0.25, 0.3) is 0 Å². The van der Waals surface area contributed by atoms with Gasteiger partial charge in [-0.15, -0.1) is 0 Å². The second-order valence-corrected chi connectivity index (χ2v) is 10.1. The molecule has 0 bridgehead atoms. The van der Waals surface area contributed by atoms with Gasteiger partial charge < -0.3 is 14.6 Å². The summed E-state index contributed by atoms with van der Waals surface area (Å²) in [6.07, 6.45) is 5.39. The molecule has 0 aromatic carbocycles. The summed E-state index contributed by atoms with van der Waals surface area (Å²) in [5.41, 5.74) is 1.04. The van der Waals surface area contributed by atoms with Crippen LogP contribution >= 0.6 is 0 Å². The number of aromatic nitrogens is 2. The molecule has 4 rings (SSSR count). The number of nitrogens with one attached hydrogen (secondary N) is 1. The van der Waals surface area contributed by atoms with E-state index in [0.29, 0.717) is 19.8 Å². The first-order valence-electron chi connectivity index (χ1n) is 9.13. The molecule has 1 amide bonds. The Morgan fingerprint density at radius 2 is 2.12 bits per heavy atom. The molecule has 4 heterocycles. The van der Waals surface area contributed by atoms with Gasteiger partial charge in [-0.3, -0.25) is 9.69 Å². The number of amides is 1. The standard InChI is InChI=1S/C17H26N4O4S/c1-20-12-18-6-14(20)7-21-8-15(17(11-21)2-4-25-5-3-17)16(22)19-13-9-26(23,24)10-13/h6,12-13,15H,2-5,7-11H2,1H3,(H,19,22). The molecule has 0 aliphatic carbocycles. The smallest absolute Gasteiger partial charge is 0.225 e. The molecular weight excluding hydrogens is 356 g/mol. The van der Waals surface area contributed by atoms with Gasteiger partial charge >= 0.3 is 0 Å². The van der Waals surface area contributed by atoms with Crippen LogP contribution in [0.4, 0.5) is 0 Å². The number of sulfone groups is 1. The molecule has 144 valence electrons. The highest BCUT2D eigenvalue weighted by atomic mass is 32.2. The molecule has 0 radical (unpaired) electrons. The first-order chi connectivity index (χ1) is 12.4. The molecule has 1 aromatic rings. The fourth-order valence-corrected chi connectivity index (χ4v) is 5.85. The van der Waals surface area contributed by atoms with Crippen LogP contribution in [0.5, 0.6) is 0 Å². The van der Waals surface area contributed by atoms with E-state index in [-0.39, 0.29) is 34.8 Å².